The first-order valence-corrected chi connectivity index (χ1v) is 6.57. The third kappa shape index (κ3) is 6.56. The van der Waals surface area contributed by atoms with Crippen LogP contribution in [-0.4, -0.2) is 25.8 Å². The van der Waals surface area contributed by atoms with E-state index >= 15 is 0 Å². The Balaban J connectivity index is 0.00000256. The van der Waals surface area contributed by atoms with Crippen LogP contribution in [-0.2, 0) is 4.79 Å². The summed E-state index contributed by atoms with van der Waals surface area (Å²) in [6.07, 6.45) is 3.46. The second kappa shape index (κ2) is 9.33. The van der Waals surface area contributed by atoms with Crippen molar-refractivity contribution in [2.75, 3.05) is 25.2 Å². The fraction of sp³-hybridized carbons (Fsp3) is 0.417. The summed E-state index contributed by atoms with van der Waals surface area (Å²) in [7, 11) is 1.89. The van der Waals surface area contributed by atoms with E-state index in [-0.39, 0.29) is 18.3 Å². The maximum absolute atomic E-state index is 11.5. The molecule has 0 spiro atoms. The van der Waals surface area contributed by atoms with Crippen LogP contribution in [0.2, 0.25) is 0 Å². The highest BCUT2D eigenvalue weighted by atomic mass is 35.5. The number of thioether (sulfide) groups is 1. The van der Waals surface area contributed by atoms with Gasteiger partial charge in [-0.05, 0) is 50.5 Å². The van der Waals surface area contributed by atoms with Gasteiger partial charge in [-0.15, -0.1) is 24.2 Å². The first kappa shape index (κ1) is 16.3. The molecule has 1 aromatic carbocycles. The van der Waals surface area contributed by atoms with Gasteiger partial charge in [-0.2, -0.15) is 0 Å². The monoisotopic (exact) mass is 274 g/mol. The zero-order valence-corrected chi connectivity index (χ0v) is 11.8. The molecule has 0 fully saturated rings. The quantitative estimate of drug-likeness (QED) is 0.619. The number of halogens is 1. The number of hydrogen-bond acceptors (Lipinski definition) is 3. The molecule has 0 aliphatic rings. The van der Waals surface area contributed by atoms with Gasteiger partial charge in [0, 0.05) is 17.0 Å². The van der Waals surface area contributed by atoms with Crippen LogP contribution in [0, 0.1) is 0 Å². The zero-order valence-electron chi connectivity index (χ0n) is 10.2. The fourth-order valence-electron chi connectivity index (χ4n) is 1.32. The minimum absolute atomic E-state index is 0. The lowest BCUT2D eigenvalue weighted by Gasteiger charge is -2.05. The maximum Gasteiger partial charge on any atom is 0.224 e. The summed E-state index contributed by atoms with van der Waals surface area (Å²) in [5.74, 6) is 0.0761. The van der Waals surface area contributed by atoms with Crippen LogP contribution in [0.15, 0.2) is 29.2 Å². The number of hydrogen-bond donors (Lipinski definition) is 2. The van der Waals surface area contributed by atoms with Gasteiger partial charge in [-0.25, -0.2) is 0 Å². The number of anilines is 1. The topological polar surface area (TPSA) is 41.1 Å². The van der Waals surface area contributed by atoms with E-state index < -0.39 is 0 Å². The van der Waals surface area contributed by atoms with Crippen molar-refractivity contribution >= 4 is 35.8 Å². The van der Waals surface area contributed by atoms with E-state index in [9.17, 15) is 4.79 Å². The molecule has 96 valence electrons. The van der Waals surface area contributed by atoms with Gasteiger partial charge in [0.15, 0.2) is 0 Å². The fourth-order valence-corrected chi connectivity index (χ4v) is 1.73. The van der Waals surface area contributed by atoms with Crippen molar-refractivity contribution in [1.29, 1.82) is 0 Å². The van der Waals surface area contributed by atoms with Gasteiger partial charge in [0.25, 0.3) is 0 Å². The summed E-state index contributed by atoms with van der Waals surface area (Å²) in [4.78, 5) is 12.7. The summed E-state index contributed by atoms with van der Waals surface area (Å²) >= 11 is 1.69. The van der Waals surface area contributed by atoms with E-state index in [1.54, 1.807) is 11.8 Å². The van der Waals surface area contributed by atoms with Gasteiger partial charge in [-0.1, -0.05) is 0 Å². The van der Waals surface area contributed by atoms with E-state index in [0.29, 0.717) is 6.42 Å². The number of benzene rings is 1. The number of carbonyl (C=O) groups excluding carboxylic acids is 1. The Hall–Kier alpha value is -0.710. The molecule has 0 aliphatic carbocycles. The maximum atomic E-state index is 11.5. The molecule has 2 N–H and O–H groups in total. The van der Waals surface area contributed by atoms with Gasteiger partial charge < -0.3 is 10.6 Å². The lowest BCUT2D eigenvalue weighted by molar-refractivity contribution is -0.116. The van der Waals surface area contributed by atoms with Crippen molar-refractivity contribution in [1.82, 2.24) is 5.32 Å². The van der Waals surface area contributed by atoms with E-state index in [2.05, 4.69) is 10.6 Å². The Morgan fingerprint density at radius 1 is 1.29 bits per heavy atom. The summed E-state index contributed by atoms with van der Waals surface area (Å²) in [5, 5.41) is 5.90. The van der Waals surface area contributed by atoms with Gasteiger partial charge in [0.1, 0.15) is 0 Å². The zero-order chi connectivity index (χ0) is 11.8. The highest BCUT2D eigenvalue weighted by Gasteiger charge is 2.01. The van der Waals surface area contributed by atoms with Gasteiger partial charge in [-0.3, -0.25) is 4.79 Å². The molecule has 1 aromatic rings. The molecule has 0 aliphatic heterocycles. The Morgan fingerprint density at radius 2 is 1.94 bits per heavy atom. The van der Waals surface area contributed by atoms with Crippen LogP contribution in [0.3, 0.4) is 0 Å². The van der Waals surface area contributed by atoms with Crippen molar-refractivity contribution in [2.45, 2.75) is 17.7 Å². The minimum atomic E-state index is 0. The molecule has 0 heterocycles. The number of nitrogens with one attached hydrogen (secondary N) is 2. The lowest BCUT2D eigenvalue weighted by atomic mass is 10.2. The van der Waals surface area contributed by atoms with Crippen molar-refractivity contribution in [3.8, 4) is 0 Å². The average Bonchev–Trinajstić information content (AvgIpc) is 2.30. The minimum Gasteiger partial charge on any atom is -0.326 e. The van der Waals surface area contributed by atoms with Crippen molar-refractivity contribution in [3.63, 3.8) is 0 Å². The van der Waals surface area contributed by atoms with Crippen molar-refractivity contribution in [3.05, 3.63) is 24.3 Å². The molecule has 1 amide bonds. The van der Waals surface area contributed by atoms with E-state index in [1.165, 1.54) is 4.90 Å². The predicted molar refractivity (Wildman–Crippen MR) is 77.3 cm³/mol. The number of rotatable bonds is 6. The number of amides is 1. The molecule has 0 radical (unpaired) electrons. The molecular weight excluding hydrogens is 256 g/mol. The molecule has 17 heavy (non-hydrogen) atoms. The predicted octanol–water partition coefficient (Wildman–Crippen LogP) is 2.77. The van der Waals surface area contributed by atoms with Crippen molar-refractivity contribution < 1.29 is 4.79 Å². The number of carbonyl (C=O) groups is 1. The summed E-state index contributed by atoms with van der Waals surface area (Å²) in [6.45, 7) is 0.874. The summed E-state index contributed by atoms with van der Waals surface area (Å²) in [5.41, 5.74) is 0.868. The highest BCUT2D eigenvalue weighted by Crippen LogP contribution is 2.17. The molecule has 0 saturated heterocycles. The van der Waals surface area contributed by atoms with E-state index in [1.807, 2.05) is 37.6 Å². The molecule has 0 unspecified atom stereocenters. The Kier molecular flexibility index (Phi) is 8.94. The van der Waals surface area contributed by atoms with Gasteiger partial charge in [0.05, 0.1) is 0 Å². The smallest absolute Gasteiger partial charge is 0.224 e. The van der Waals surface area contributed by atoms with Crippen LogP contribution in [0.25, 0.3) is 0 Å². The lowest BCUT2D eigenvalue weighted by Crippen LogP contribution is -2.15. The van der Waals surface area contributed by atoms with Crippen LogP contribution in [0.5, 0.6) is 0 Å². The van der Waals surface area contributed by atoms with Gasteiger partial charge in [0.2, 0.25) is 5.91 Å². The van der Waals surface area contributed by atoms with Crippen LogP contribution >= 0.6 is 24.2 Å². The van der Waals surface area contributed by atoms with Crippen LogP contribution in [0.1, 0.15) is 12.8 Å². The average molecular weight is 275 g/mol. The van der Waals surface area contributed by atoms with Crippen LogP contribution < -0.4 is 10.6 Å². The molecule has 3 nitrogen and oxygen atoms in total. The van der Waals surface area contributed by atoms with Gasteiger partial charge >= 0.3 is 0 Å². The molecule has 0 aromatic heterocycles. The second-order valence-corrected chi connectivity index (χ2v) is 4.36. The molecule has 0 saturated carbocycles. The molecular formula is C12H19ClN2OS. The van der Waals surface area contributed by atoms with E-state index in [4.69, 9.17) is 0 Å². The largest absolute Gasteiger partial charge is 0.326 e. The van der Waals surface area contributed by atoms with Crippen LogP contribution in [0.4, 0.5) is 5.69 Å². The standard InChI is InChI=1S/C12H18N2OS.ClH/c1-13-9-3-4-12(15)14-10-5-7-11(16-2)8-6-10;/h5-8,13H,3-4,9H2,1-2H3,(H,14,15);1H. The summed E-state index contributed by atoms with van der Waals surface area (Å²) in [6, 6.07) is 7.88. The highest BCUT2D eigenvalue weighted by molar-refractivity contribution is 7.98. The molecule has 1 rings (SSSR count). The molecule has 0 atom stereocenters. The summed E-state index contributed by atoms with van der Waals surface area (Å²) < 4.78 is 0. The Morgan fingerprint density at radius 3 is 2.47 bits per heavy atom. The normalized spacial score (nSPS) is 9.53. The second-order valence-electron chi connectivity index (χ2n) is 3.48. The third-order valence-electron chi connectivity index (χ3n) is 2.20. The van der Waals surface area contributed by atoms with Crippen molar-refractivity contribution in [2.24, 2.45) is 0 Å². The first-order valence-electron chi connectivity index (χ1n) is 5.34. The third-order valence-corrected chi connectivity index (χ3v) is 2.95. The Bertz CT molecular complexity index is 330. The molecule has 5 heteroatoms. The Labute approximate surface area is 113 Å². The molecule has 0 bridgehead atoms. The first-order chi connectivity index (χ1) is 7.76. The van der Waals surface area contributed by atoms with E-state index in [0.717, 1.165) is 18.7 Å². The SMILES string of the molecule is CNCCCC(=O)Nc1ccc(SC)cc1.Cl.